The van der Waals surface area contributed by atoms with Gasteiger partial charge in [-0.1, -0.05) is 24.3 Å². The first-order chi connectivity index (χ1) is 9.04. The van der Waals surface area contributed by atoms with Crippen LogP contribution in [0.3, 0.4) is 0 Å². The number of rotatable bonds is 2. The third-order valence-corrected chi connectivity index (χ3v) is 2.62. The molecule has 0 unspecified atom stereocenters. The Labute approximate surface area is 108 Å². The molecular formula is C13H11NO5. The number of ether oxygens (including phenoxy) is 1. The molecular weight excluding hydrogens is 250 g/mol. The highest BCUT2D eigenvalue weighted by atomic mass is 16.6. The van der Waals surface area contributed by atoms with Gasteiger partial charge in [0.1, 0.15) is 17.1 Å². The van der Waals surface area contributed by atoms with E-state index in [1.807, 2.05) is 0 Å². The highest BCUT2D eigenvalue weighted by Gasteiger charge is 2.18. The van der Waals surface area contributed by atoms with E-state index in [9.17, 15) is 14.7 Å². The number of carbonyl (C=O) groups is 2. The first-order valence-corrected chi connectivity index (χ1v) is 5.42. The fraction of sp³-hybridized carbons (Fsp3) is 0.0769. The van der Waals surface area contributed by atoms with Crippen LogP contribution < -0.4 is 10.1 Å². The van der Waals surface area contributed by atoms with E-state index >= 15 is 0 Å². The van der Waals surface area contributed by atoms with E-state index in [-0.39, 0.29) is 17.1 Å². The van der Waals surface area contributed by atoms with E-state index in [1.54, 1.807) is 24.3 Å². The minimum Gasteiger partial charge on any atom is -0.506 e. The summed E-state index contributed by atoms with van der Waals surface area (Å²) >= 11 is 0. The molecule has 0 saturated heterocycles. The highest BCUT2D eigenvalue weighted by Crippen LogP contribution is 2.35. The minimum absolute atomic E-state index is 0.0742. The Morgan fingerprint density at radius 1 is 1.21 bits per heavy atom. The Hall–Kier alpha value is -2.76. The van der Waals surface area contributed by atoms with Gasteiger partial charge in [-0.05, 0) is 6.07 Å². The van der Waals surface area contributed by atoms with Crippen LogP contribution in [0.4, 0.5) is 4.79 Å². The van der Waals surface area contributed by atoms with Crippen molar-refractivity contribution in [2.45, 2.75) is 0 Å². The van der Waals surface area contributed by atoms with Crippen molar-refractivity contribution in [2.75, 3.05) is 7.05 Å². The van der Waals surface area contributed by atoms with E-state index in [0.717, 1.165) is 6.07 Å². The number of benzene rings is 2. The number of amides is 1. The smallest absolute Gasteiger partial charge is 0.412 e. The van der Waals surface area contributed by atoms with Crippen molar-refractivity contribution in [3.63, 3.8) is 0 Å². The molecule has 0 spiro atoms. The number of hydrogen-bond acceptors (Lipinski definition) is 4. The Morgan fingerprint density at radius 2 is 1.84 bits per heavy atom. The summed E-state index contributed by atoms with van der Waals surface area (Å²) in [5.74, 6) is -1.58. The van der Waals surface area contributed by atoms with Gasteiger partial charge in [0.2, 0.25) is 0 Å². The SMILES string of the molecule is CNC(=O)Oc1cc(C(=O)O)c(O)c2ccccc12. The van der Waals surface area contributed by atoms with Gasteiger partial charge in [0.15, 0.2) is 0 Å². The summed E-state index contributed by atoms with van der Waals surface area (Å²) in [5, 5.41) is 22.0. The summed E-state index contributed by atoms with van der Waals surface area (Å²) in [6.45, 7) is 0. The van der Waals surface area contributed by atoms with Crippen molar-refractivity contribution in [3.8, 4) is 11.5 Å². The van der Waals surface area contributed by atoms with Crippen molar-refractivity contribution >= 4 is 22.8 Å². The monoisotopic (exact) mass is 261 g/mol. The maximum Gasteiger partial charge on any atom is 0.412 e. The van der Waals surface area contributed by atoms with Crippen LogP contribution in [0.2, 0.25) is 0 Å². The third-order valence-electron chi connectivity index (χ3n) is 2.62. The Bertz CT molecular complexity index is 665. The van der Waals surface area contributed by atoms with Gasteiger partial charge in [0.25, 0.3) is 0 Å². The van der Waals surface area contributed by atoms with Crippen LogP contribution in [-0.4, -0.2) is 29.3 Å². The topological polar surface area (TPSA) is 95.9 Å². The van der Waals surface area contributed by atoms with Crippen molar-refractivity contribution < 1.29 is 24.5 Å². The summed E-state index contributed by atoms with van der Waals surface area (Å²) in [6.07, 6.45) is -0.716. The number of hydrogen-bond donors (Lipinski definition) is 3. The fourth-order valence-corrected chi connectivity index (χ4v) is 1.73. The van der Waals surface area contributed by atoms with Crippen molar-refractivity contribution in [1.82, 2.24) is 5.32 Å². The van der Waals surface area contributed by atoms with Crippen LogP contribution in [0.5, 0.6) is 11.5 Å². The average molecular weight is 261 g/mol. The van der Waals surface area contributed by atoms with Gasteiger partial charge in [-0.25, -0.2) is 9.59 Å². The molecule has 19 heavy (non-hydrogen) atoms. The van der Waals surface area contributed by atoms with Crippen LogP contribution in [0.1, 0.15) is 10.4 Å². The van der Waals surface area contributed by atoms with Crippen molar-refractivity contribution in [1.29, 1.82) is 0 Å². The second kappa shape index (κ2) is 4.85. The minimum atomic E-state index is -1.30. The maximum absolute atomic E-state index is 11.2. The Balaban J connectivity index is 2.71. The molecule has 0 atom stereocenters. The zero-order valence-corrected chi connectivity index (χ0v) is 10.0. The first-order valence-electron chi connectivity index (χ1n) is 5.42. The molecule has 0 aliphatic carbocycles. The molecule has 98 valence electrons. The fourth-order valence-electron chi connectivity index (χ4n) is 1.73. The predicted molar refractivity (Wildman–Crippen MR) is 67.7 cm³/mol. The Kier molecular flexibility index (Phi) is 3.24. The van der Waals surface area contributed by atoms with Gasteiger partial charge in [-0.2, -0.15) is 0 Å². The zero-order valence-electron chi connectivity index (χ0n) is 10.0. The van der Waals surface area contributed by atoms with Gasteiger partial charge >= 0.3 is 12.1 Å². The van der Waals surface area contributed by atoms with Crippen LogP contribution in [0.15, 0.2) is 30.3 Å². The summed E-state index contributed by atoms with van der Waals surface area (Å²) in [7, 11) is 1.39. The van der Waals surface area contributed by atoms with E-state index in [2.05, 4.69) is 5.32 Å². The standard InChI is InChI=1S/C13H11NO5/c1-14-13(18)19-10-6-9(12(16)17)11(15)8-5-3-2-4-7(8)10/h2-6,15H,1H3,(H,14,18)(H,16,17). The molecule has 2 aromatic rings. The Morgan fingerprint density at radius 3 is 2.42 bits per heavy atom. The molecule has 1 amide bonds. The van der Waals surface area contributed by atoms with E-state index in [1.165, 1.54) is 7.05 Å². The number of carboxylic acid groups (broad SMARTS) is 1. The van der Waals surface area contributed by atoms with Gasteiger partial charge in [-0.3, -0.25) is 0 Å². The van der Waals surface area contributed by atoms with Gasteiger partial charge in [-0.15, -0.1) is 0 Å². The summed E-state index contributed by atoms with van der Waals surface area (Å²) in [5.41, 5.74) is -0.322. The molecule has 2 aromatic carbocycles. The lowest BCUT2D eigenvalue weighted by Crippen LogP contribution is -2.22. The molecule has 0 radical (unpaired) electrons. The largest absolute Gasteiger partial charge is 0.506 e. The molecule has 0 aliphatic rings. The van der Waals surface area contributed by atoms with Crippen LogP contribution in [0.25, 0.3) is 10.8 Å². The predicted octanol–water partition coefficient (Wildman–Crippen LogP) is 1.96. The van der Waals surface area contributed by atoms with Gasteiger partial charge in [0, 0.05) is 17.8 Å². The van der Waals surface area contributed by atoms with E-state index in [4.69, 9.17) is 9.84 Å². The lowest BCUT2D eigenvalue weighted by atomic mass is 10.0. The molecule has 0 heterocycles. The highest BCUT2D eigenvalue weighted by molar-refractivity contribution is 6.03. The zero-order chi connectivity index (χ0) is 14.0. The number of aromatic carboxylic acids is 1. The van der Waals surface area contributed by atoms with E-state index < -0.39 is 12.1 Å². The van der Waals surface area contributed by atoms with Gasteiger partial charge < -0.3 is 20.3 Å². The number of aromatic hydroxyl groups is 1. The molecule has 0 saturated carbocycles. The van der Waals surface area contributed by atoms with Crippen LogP contribution in [0, 0.1) is 0 Å². The molecule has 2 rings (SSSR count). The molecule has 6 heteroatoms. The molecule has 0 fully saturated rings. The number of carboxylic acids is 1. The lowest BCUT2D eigenvalue weighted by molar-refractivity contribution is 0.0693. The van der Waals surface area contributed by atoms with Crippen LogP contribution in [-0.2, 0) is 0 Å². The second-order valence-electron chi connectivity index (χ2n) is 3.76. The first kappa shape index (κ1) is 12.7. The number of carbonyl (C=O) groups excluding carboxylic acids is 1. The lowest BCUT2D eigenvalue weighted by Gasteiger charge is -2.10. The number of phenols is 1. The third kappa shape index (κ3) is 2.28. The summed E-state index contributed by atoms with van der Waals surface area (Å²) < 4.78 is 5.00. The second-order valence-corrected chi connectivity index (χ2v) is 3.76. The quantitative estimate of drug-likeness (QED) is 0.768. The van der Waals surface area contributed by atoms with Crippen molar-refractivity contribution in [2.24, 2.45) is 0 Å². The van der Waals surface area contributed by atoms with Crippen molar-refractivity contribution in [3.05, 3.63) is 35.9 Å². The number of fused-ring (bicyclic) bond motifs is 1. The normalized spacial score (nSPS) is 10.2. The molecule has 0 aliphatic heterocycles. The molecule has 6 nitrogen and oxygen atoms in total. The number of nitrogens with one attached hydrogen (secondary N) is 1. The maximum atomic E-state index is 11.2. The van der Waals surface area contributed by atoms with E-state index in [0.29, 0.717) is 10.8 Å². The van der Waals surface area contributed by atoms with Gasteiger partial charge in [0.05, 0.1) is 0 Å². The summed E-state index contributed by atoms with van der Waals surface area (Å²) in [4.78, 5) is 22.3. The summed E-state index contributed by atoms with van der Waals surface area (Å²) in [6, 6.07) is 7.64. The average Bonchev–Trinajstić information content (AvgIpc) is 2.41. The molecule has 0 bridgehead atoms. The molecule has 3 N–H and O–H groups in total. The van der Waals surface area contributed by atoms with Crippen LogP contribution >= 0.6 is 0 Å². The molecule has 0 aromatic heterocycles.